The van der Waals surface area contributed by atoms with E-state index < -0.39 is 0 Å². The molecule has 1 aliphatic heterocycles. The highest BCUT2D eigenvalue weighted by Crippen LogP contribution is 2.19. The van der Waals surface area contributed by atoms with Crippen LogP contribution in [0.1, 0.15) is 42.7 Å². The van der Waals surface area contributed by atoms with Crippen LogP contribution in [0.5, 0.6) is 0 Å². The average molecular weight is 383 g/mol. The Kier molecular flexibility index (Phi) is 7.66. The first-order chi connectivity index (χ1) is 12.4. The number of pyridine rings is 1. The number of carbonyl (C=O) groups is 2. The molecular formula is C18H27ClN4O3. The number of nitrogens with one attached hydrogen (secondary N) is 2. The summed E-state index contributed by atoms with van der Waals surface area (Å²) in [5.41, 5.74) is 1.16. The van der Waals surface area contributed by atoms with Crippen LogP contribution in [-0.2, 0) is 4.74 Å². The molecule has 0 saturated carbocycles. The molecule has 1 aromatic rings. The molecule has 0 aromatic carbocycles. The number of aromatic nitrogens is 1. The molecule has 0 unspecified atom stereocenters. The molecule has 1 aliphatic rings. The lowest BCUT2D eigenvalue weighted by Crippen LogP contribution is -2.44. The number of likely N-dealkylation sites (tertiary alicyclic amines) is 1. The average Bonchev–Trinajstić information content (AvgIpc) is 3.02. The van der Waals surface area contributed by atoms with Gasteiger partial charge in [-0.05, 0) is 45.7 Å². The van der Waals surface area contributed by atoms with Gasteiger partial charge in [0.1, 0.15) is 5.15 Å². The fraction of sp³-hybridized carbons (Fsp3) is 0.611. The predicted molar refractivity (Wildman–Crippen MR) is 101 cm³/mol. The summed E-state index contributed by atoms with van der Waals surface area (Å²) in [6.07, 6.45) is 1.68. The summed E-state index contributed by atoms with van der Waals surface area (Å²) in [4.78, 5) is 30.3. The standard InChI is InChI=1S/C18H27ClN4O3/c1-12(2)26-10-4-8-20-18(25)22-14-7-9-23(11-14)17(24)15-6-5-13(3)21-16(15)19/h5-6,12,14H,4,7-11H2,1-3H3,(H2,20,22,25)/t14-/m1/s1. The molecular weight excluding hydrogens is 356 g/mol. The van der Waals surface area contributed by atoms with Gasteiger partial charge in [-0.25, -0.2) is 9.78 Å². The van der Waals surface area contributed by atoms with Crippen molar-refractivity contribution in [3.8, 4) is 0 Å². The lowest BCUT2D eigenvalue weighted by molar-refractivity contribution is 0.0771. The Morgan fingerprint density at radius 1 is 1.42 bits per heavy atom. The predicted octanol–water partition coefficient (Wildman–Crippen LogP) is 2.37. The molecule has 1 saturated heterocycles. The molecule has 2 heterocycles. The number of halogens is 1. The highest BCUT2D eigenvalue weighted by atomic mass is 35.5. The fourth-order valence-electron chi connectivity index (χ4n) is 2.75. The molecule has 2 rings (SSSR count). The minimum absolute atomic E-state index is 0.0666. The number of amides is 3. The van der Waals surface area contributed by atoms with E-state index >= 15 is 0 Å². The SMILES string of the molecule is Cc1ccc(C(=O)N2CC[C@@H](NC(=O)NCCCOC(C)C)C2)c(Cl)n1. The molecule has 1 aromatic heterocycles. The first-order valence-electron chi connectivity index (χ1n) is 8.95. The van der Waals surface area contributed by atoms with Crippen molar-refractivity contribution in [1.82, 2.24) is 20.5 Å². The minimum atomic E-state index is -0.219. The molecule has 144 valence electrons. The third-order valence-corrected chi connectivity index (χ3v) is 4.38. The van der Waals surface area contributed by atoms with Gasteiger partial charge in [-0.15, -0.1) is 0 Å². The molecule has 1 fully saturated rings. The van der Waals surface area contributed by atoms with Gasteiger partial charge < -0.3 is 20.3 Å². The molecule has 0 bridgehead atoms. The van der Waals surface area contributed by atoms with Gasteiger partial charge in [-0.3, -0.25) is 4.79 Å². The number of aryl methyl sites for hydroxylation is 1. The van der Waals surface area contributed by atoms with Gasteiger partial charge in [-0.2, -0.15) is 0 Å². The Morgan fingerprint density at radius 3 is 2.88 bits per heavy atom. The monoisotopic (exact) mass is 382 g/mol. The zero-order valence-corrected chi connectivity index (χ0v) is 16.3. The Labute approximate surface area is 159 Å². The van der Waals surface area contributed by atoms with Gasteiger partial charge in [0.2, 0.25) is 0 Å². The highest BCUT2D eigenvalue weighted by Gasteiger charge is 2.29. The topological polar surface area (TPSA) is 83.6 Å². The van der Waals surface area contributed by atoms with Crippen LogP contribution >= 0.6 is 11.6 Å². The van der Waals surface area contributed by atoms with E-state index in [0.29, 0.717) is 38.2 Å². The van der Waals surface area contributed by atoms with Gasteiger partial charge in [0.25, 0.3) is 5.91 Å². The summed E-state index contributed by atoms with van der Waals surface area (Å²) in [5.74, 6) is -0.155. The number of nitrogens with zero attached hydrogens (tertiary/aromatic N) is 2. The summed E-state index contributed by atoms with van der Waals surface area (Å²) in [5, 5.41) is 5.93. The second kappa shape index (κ2) is 9.73. The van der Waals surface area contributed by atoms with Crippen LogP contribution in [0.15, 0.2) is 12.1 Å². The van der Waals surface area contributed by atoms with Crippen LogP contribution < -0.4 is 10.6 Å². The Hall–Kier alpha value is -1.86. The van der Waals surface area contributed by atoms with Gasteiger partial charge in [0.15, 0.2) is 0 Å². The number of hydrogen-bond donors (Lipinski definition) is 2. The van der Waals surface area contributed by atoms with Crippen molar-refractivity contribution in [3.63, 3.8) is 0 Å². The lowest BCUT2D eigenvalue weighted by Gasteiger charge is -2.18. The normalized spacial score (nSPS) is 16.8. The van der Waals surface area contributed by atoms with Crippen molar-refractivity contribution in [3.05, 3.63) is 28.5 Å². The first kappa shape index (κ1) is 20.5. The maximum Gasteiger partial charge on any atom is 0.315 e. The molecule has 3 amide bonds. The van der Waals surface area contributed by atoms with Crippen molar-refractivity contribution in [2.24, 2.45) is 0 Å². The Balaban J connectivity index is 1.74. The molecule has 26 heavy (non-hydrogen) atoms. The van der Waals surface area contributed by atoms with Crippen molar-refractivity contribution in [2.75, 3.05) is 26.2 Å². The van der Waals surface area contributed by atoms with E-state index in [0.717, 1.165) is 12.1 Å². The van der Waals surface area contributed by atoms with Gasteiger partial charge in [0.05, 0.1) is 11.7 Å². The minimum Gasteiger partial charge on any atom is -0.379 e. The van der Waals surface area contributed by atoms with Crippen molar-refractivity contribution in [1.29, 1.82) is 0 Å². The maximum absolute atomic E-state index is 12.6. The van der Waals surface area contributed by atoms with Crippen molar-refractivity contribution >= 4 is 23.5 Å². The zero-order chi connectivity index (χ0) is 19.1. The lowest BCUT2D eigenvalue weighted by atomic mass is 10.2. The zero-order valence-electron chi connectivity index (χ0n) is 15.5. The summed E-state index contributed by atoms with van der Waals surface area (Å²) < 4.78 is 5.42. The van der Waals surface area contributed by atoms with Crippen LogP contribution in [0.3, 0.4) is 0 Å². The summed E-state index contributed by atoms with van der Waals surface area (Å²) in [7, 11) is 0. The number of carbonyl (C=O) groups excluding carboxylic acids is 2. The smallest absolute Gasteiger partial charge is 0.315 e. The molecule has 2 N–H and O–H groups in total. The van der Waals surface area contributed by atoms with E-state index in [1.165, 1.54) is 0 Å². The fourth-order valence-corrected chi connectivity index (χ4v) is 3.02. The van der Waals surface area contributed by atoms with E-state index in [4.69, 9.17) is 16.3 Å². The van der Waals surface area contributed by atoms with Crippen LogP contribution in [0.4, 0.5) is 4.79 Å². The number of hydrogen-bond acceptors (Lipinski definition) is 4. The molecule has 8 heteroatoms. The quantitative estimate of drug-likeness (QED) is 0.560. The van der Waals surface area contributed by atoms with Crippen LogP contribution in [0, 0.1) is 6.92 Å². The van der Waals surface area contributed by atoms with Gasteiger partial charge in [-0.1, -0.05) is 11.6 Å². The van der Waals surface area contributed by atoms with Crippen molar-refractivity contribution in [2.45, 2.75) is 45.8 Å². The largest absolute Gasteiger partial charge is 0.379 e. The molecule has 1 atom stereocenters. The van der Waals surface area contributed by atoms with E-state index in [2.05, 4.69) is 15.6 Å². The summed E-state index contributed by atoms with van der Waals surface area (Å²) >= 11 is 6.08. The Bertz CT molecular complexity index is 639. The first-order valence-corrected chi connectivity index (χ1v) is 9.33. The van der Waals surface area contributed by atoms with Gasteiger partial charge >= 0.3 is 6.03 Å². The Morgan fingerprint density at radius 2 is 2.19 bits per heavy atom. The second-order valence-corrected chi connectivity index (χ2v) is 7.06. The van der Waals surface area contributed by atoms with Crippen molar-refractivity contribution < 1.29 is 14.3 Å². The van der Waals surface area contributed by atoms with Crippen LogP contribution in [0.25, 0.3) is 0 Å². The third-order valence-electron chi connectivity index (χ3n) is 4.09. The van der Waals surface area contributed by atoms with Crippen LogP contribution in [0.2, 0.25) is 5.15 Å². The summed E-state index contributed by atoms with van der Waals surface area (Å²) in [6, 6.07) is 3.17. The molecule has 0 spiro atoms. The second-order valence-electron chi connectivity index (χ2n) is 6.70. The van der Waals surface area contributed by atoms with Gasteiger partial charge in [0, 0.05) is 38.0 Å². The molecule has 0 aliphatic carbocycles. The third kappa shape index (κ3) is 6.14. The number of rotatable bonds is 7. The van der Waals surface area contributed by atoms with E-state index in [1.54, 1.807) is 17.0 Å². The molecule has 0 radical (unpaired) electrons. The van der Waals surface area contributed by atoms with Crippen LogP contribution in [-0.4, -0.2) is 60.2 Å². The van der Waals surface area contributed by atoms with E-state index in [1.807, 2.05) is 20.8 Å². The van der Waals surface area contributed by atoms with E-state index in [9.17, 15) is 9.59 Å². The van der Waals surface area contributed by atoms with E-state index in [-0.39, 0.29) is 29.2 Å². The number of urea groups is 1. The maximum atomic E-state index is 12.6. The highest BCUT2D eigenvalue weighted by molar-refractivity contribution is 6.32. The number of ether oxygens (including phenoxy) is 1. The summed E-state index contributed by atoms with van der Waals surface area (Å²) in [6.45, 7) is 8.00. The molecule has 7 nitrogen and oxygen atoms in total.